The Hall–Kier alpha value is -4.71. The molecule has 0 spiro atoms. The molecule has 0 aromatic heterocycles. The van der Waals surface area contributed by atoms with Gasteiger partial charge >= 0.3 is 24.5 Å². The molecule has 0 bridgehead atoms. The topological polar surface area (TPSA) is 125 Å². The average Bonchev–Trinajstić information content (AvgIpc) is 3.04. The van der Waals surface area contributed by atoms with Crippen LogP contribution in [0.4, 0.5) is 50.4 Å². The number of carbonyl (C=O) groups is 2. The van der Waals surface area contributed by atoms with Gasteiger partial charge in [0.05, 0.1) is 35.0 Å². The zero-order valence-electron chi connectivity index (χ0n) is 30.5. The minimum Gasteiger partial charge on any atom is -0.446 e. The van der Waals surface area contributed by atoms with Gasteiger partial charge in [-0.25, -0.2) is 18.4 Å². The molecule has 19 heteroatoms. The van der Waals surface area contributed by atoms with Crippen LogP contribution in [0.1, 0.15) is 101 Å². The first-order chi connectivity index (χ1) is 24.9. The zero-order chi connectivity index (χ0) is 40.3. The van der Waals surface area contributed by atoms with Gasteiger partial charge in [0.25, 0.3) is 6.43 Å². The summed E-state index contributed by atoms with van der Waals surface area (Å²) in [4.78, 5) is 29.5. The Morgan fingerprint density at radius 2 is 1.57 bits per heavy atom. The molecule has 298 valence electrons. The SMILES string of the molecule is CC(C)OC(=O)N1c2ccc(C(F)(F)F)cc2C(N(Cc2cc(C(F)F)cc(C(F)(F)F)c2)/C(N)=N/N=NC2CCN(C(=O)OC(C)(C)C)CC2)CC1C. The number of amides is 2. The Bertz CT molecular complexity index is 1720. The van der Waals surface area contributed by atoms with Crippen molar-refractivity contribution in [2.24, 2.45) is 21.2 Å². The molecule has 2 aliphatic heterocycles. The molecular formula is C35H43F8N7O4. The van der Waals surface area contributed by atoms with E-state index in [1.807, 2.05) is 0 Å². The van der Waals surface area contributed by atoms with E-state index in [-0.39, 0.29) is 23.2 Å². The van der Waals surface area contributed by atoms with Crippen molar-refractivity contribution in [1.82, 2.24) is 9.80 Å². The largest absolute Gasteiger partial charge is 0.446 e. The molecule has 4 rings (SSSR count). The summed E-state index contributed by atoms with van der Waals surface area (Å²) in [6.45, 7) is 9.92. The number of ether oxygens (including phenoxy) is 2. The van der Waals surface area contributed by atoms with Crippen molar-refractivity contribution in [1.29, 1.82) is 0 Å². The number of alkyl halides is 8. The molecule has 11 nitrogen and oxygen atoms in total. The first-order valence-corrected chi connectivity index (χ1v) is 17.1. The van der Waals surface area contributed by atoms with E-state index in [2.05, 4.69) is 15.4 Å². The van der Waals surface area contributed by atoms with Gasteiger partial charge in [0.1, 0.15) is 5.60 Å². The molecule has 2 unspecified atom stereocenters. The number of likely N-dealkylation sites (tertiary alicyclic amines) is 1. The van der Waals surface area contributed by atoms with E-state index in [1.54, 1.807) is 41.5 Å². The van der Waals surface area contributed by atoms with Crippen LogP contribution < -0.4 is 10.6 Å². The Balaban J connectivity index is 1.77. The normalized spacial score (nSPS) is 19.1. The van der Waals surface area contributed by atoms with E-state index in [1.165, 1.54) is 9.80 Å². The third-order valence-electron chi connectivity index (χ3n) is 8.61. The molecule has 0 radical (unpaired) electrons. The molecule has 1 saturated heterocycles. The maximum atomic E-state index is 14.1. The summed E-state index contributed by atoms with van der Waals surface area (Å²) in [5, 5.41) is 12.0. The smallest absolute Gasteiger partial charge is 0.416 e. The quantitative estimate of drug-likeness (QED) is 0.0982. The lowest BCUT2D eigenvalue weighted by molar-refractivity contribution is -0.138. The van der Waals surface area contributed by atoms with Gasteiger partial charge in [-0.3, -0.25) is 4.90 Å². The van der Waals surface area contributed by atoms with Crippen LogP contribution >= 0.6 is 0 Å². The lowest BCUT2D eigenvalue weighted by Crippen LogP contribution is -2.49. The van der Waals surface area contributed by atoms with Crippen LogP contribution in [0.5, 0.6) is 0 Å². The minimum absolute atomic E-state index is 0.00545. The van der Waals surface area contributed by atoms with Gasteiger partial charge in [-0.05, 0) is 114 Å². The predicted octanol–water partition coefficient (Wildman–Crippen LogP) is 9.43. The zero-order valence-corrected chi connectivity index (χ0v) is 30.5. The second kappa shape index (κ2) is 16.3. The summed E-state index contributed by atoms with van der Waals surface area (Å²) in [6, 6.07) is 2.05. The van der Waals surface area contributed by atoms with Gasteiger partial charge in [0.2, 0.25) is 5.96 Å². The van der Waals surface area contributed by atoms with E-state index < -0.39 is 90.0 Å². The maximum absolute atomic E-state index is 14.1. The fourth-order valence-corrected chi connectivity index (χ4v) is 6.18. The molecule has 2 atom stereocenters. The number of hydrogen-bond acceptors (Lipinski definition) is 6. The number of nitrogens with two attached hydrogens (primary N) is 1. The first-order valence-electron chi connectivity index (χ1n) is 17.1. The standard InChI is InChI=1S/C35H43F8N7O4/c1-19(2)53-32(52)50-20(3)13-28(26-17-23(34(38,39)40)7-8-27(26)50)49(18-21-14-22(29(36)37)16-24(15-21)35(41,42)43)30(44)46-47-45-25-9-11-48(12-10-25)31(51)54-33(4,5)6/h7-8,14-17,19-20,25,28-29H,9-13,18H2,1-6H3,(H2,44,45,46). The third kappa shape index (κ3) is 10.7. The summed E-state index contributed by atoms with van der Waals surface area (Å²) >= 11 is 0. The number of piperidine rings is 1. The number of rotatable bonds is 7. The van der Waals surface area contributed by atoms with Gasteiger partial charge < -0.3 is 25.0 Å². The lowest BCUT2D eigenvalue weighted by atomic mass is 9.89. The molecule has 2 heterocycles. The van der Waals surface area contributed by atoms with E-state index in [0.717, 1.165) is 29.2 Å². The highest BCUT2D eigenvalue weighted by Crippen LogP contribution is 2.44. The number of hydrogen-bond donors (Lipinski definition) is 1. The van der Waals surface area contributed by atoms with Crippen LogP contribution in [0.25, 0.3) is 0 Å². The number of benzene rings is 2. The van der Waals surface area contributed by atoms with Crippen molar-refractivity contribution < 1.29 is 54.2 Å². The highest BCUT2D eigenvalue weighted by molar-refractivity contribution is 5.91. The van der Waals surface area contributed by atoms with Gasteiger partial charge in [0, 0.05) is 31.2 Å². The number of carbonyl (C=O) groups excluding carboxylic acids is 2. The highest BCUT2D eigenvalue weighted by atomic mass is 19.4. The van der Waals surface area contributed by atoms with Crippen molar-refractivity contribution in [3.63, 3.8) is 0 Å². The second-order valence-electron chi connectivity index (χ2n) is 14.4. The molecule has 2 aliphatic rings. The molecule has 2 N–H and O–H groups in total. The Morgan fingerprint density at radius 3 is 2.13 bits per heavy atom. The minimum atomic E-state index is -5.01. The van der Waals surface area contributed by atoms with E-state index in [9.17, 15) is 44.7 Å². The average molecular weight is 778 g/mol. The summed E-state index contributed by atoms with van der Waals surface area (Å²) in [7, 11) is 0. The van der Waals surface area contributed by atoms with Crippen LogP contribution in [0.15, 0.2) is 51.8 Å². The molecule has 54 heavy (non-hydrogen) atoms. The third-order valence-corrected chi connectivity index (χ3v) is 8.61. The van der Waals surface area contributed by atoms with Gasteiger partial charge in [-0.15, -0.1) is 0 Å². The summed E-state index contributed by atoms with van der Waals surface area (Å²) in [6.07, 6.45) is -14.5. The molecule has 0 aliphatic carbocycles. The fourth-order valence-electron chi connectivity index (χ4n) is 6.18. The lowest BCUT2D eigenvalue weighted by Gasteiger charge is -2.43. The van der Waals surface area contributed by atoms with Crippen LogP contribution in [0, 0.1) is 0 Å². The van der Waals surface area contributed by atoms with Crippen LogP contribution in [0.3, 0.4) is 0 Å². The summed E-state index contributed by atoms with van der Waals surface area (Å²) in [5.74, 6) is -0.500. The van der Waals surface area contributed by atoms with Crippen LogP contribution in [0.2, 0.25) is 0 Å². The van der Waals surface area contributed by atoms with Crippen LogP contribution in [-0.2, 0) is 28.4 Å². The van der Waals surface area contributed by atoms with E-state index >= 15 is 0 Å². The van der Waals surface area contributed by atoms with Crippen molar-refractivity contribution in [2.45, 2.75) is 116 Å². The molecule has 2 aromatic rings. The number of fused-ring (bicyclic) bond motifs is 1. The molecule has 2 aromatic carbocycles. The number of halogens is 8. The summed E-state index contributed by atoms with van der Waals surface area (Å²) < 4.78 is 122. The molecule has 1 fully saturated rings. The van der Waals surface area contributed by atoms with Gasteiger partial charge in [-0.2, -0.15) is 31.5 Å². The predicted molar refractivity (Wildman–Crippen MR) is 182 cm³/mol. The monoisotopic (exact) mass is 777 g/mol. The molecule has 0 saturated carbocycles. The van der Waals surface area contributed by atoms with Gasteiger partial charge in [-0.1, -0.05) is 5.10 Å². The summed E-state index contributed by atoms with van der Waals surface area (Å²) in [5.41, 5.74) is 1.90. The van der Waals surface area contributed by atoms with Gasteiger partial charge in [0.15, 0.2) is 0 Å². The maximum Gasteiger partial charge on any atom is 0.416 e. The van der Waals surface area contributed by atoms with Crippen LogP contribution in [-0.4, -0.2) is 64.8 Å². The first kappa shape index (κ1) is 42.0. The fraction of sp³-hybridized carbons (Fsp3) is 0.571. The van der Waals surface area contributed by atoms with Crippen molar-refractivity contribution in [3.05, 3.63) is 64.2 Å². The number of guanidine groups is 1. The van der Waals surface area contributed by atoms with Crippen molar-refractivity contribution in [3.8, 4) is 0 Å². The van der Waals surface area contributed by atoms with Crippen molar-refractivity contribution >= 4 is 23.8 Å². The highest BCUT2D eigenvalue weighted by Gasteiger charge is 2.41. The Labute approximate surface area is 307 Å². The van der Waals surface area contributed by atoms with Crippen molar-refractivity contribution in [2.75, 3.05) is 18.0 Å². The van der Waals surface area contributed by atoms with E-state index in [0.29, 0.717) is 38.1 Å². The number of nitrogens with zero attached hydrogens (tertiary/aromatic N) is 6. The number of anilines is 1. The molecular weight excluding hydrogens is 734 g/mol. The van der Waals surface area contributed by atoms with E-state index in [4.69, 9.17) is 15.2 Å². The Morgan fingerprint density at radius 1 is 0.944 bits per heavy atom. The second-order valence-corrected chi connectivity index (χ2v) is 14.4. The Kier molecular flexibility index (Phi) is 12.7. The molecule has 2 amide bonds.